The van der Waals surface area contributed by atoms with E-state index in [4.69, 9.17) is 4.74 Å². The lowest BCUT2D eigenvalue weighted by Gasteiger charge is -2.13. The maximum absolute atomic E-state index is 11.5. The fourth-order valence-electron chi connectivity index (χ4n) is 1.44. The summed E-state index contributed by atoms with van der Waals surface area (Å²) in [6.07, 6.45) is 0.926. The summed E-state index contributed by atoms with van der Waals surface area (Å²) in [6.45, 7) is 8.12. The van der Waals surface area contributed by atoms with E-state index in [1.165, 1.54) is 5.56 Å². The van der Waals surface area contributed by atoms with Gasteiger partial charge >= 0.3 is 0 Å². The van der Waals surface area contributed by atoms with E-state index in [-0.39, 0.29) is 18.6 Å². The van der Waals surface area contributed by atoms with Crippen molar-refractivity contribution >= 4 is 5.91 Å². The fraction of sp³-hybridized carbons (Fsp3) is 0.500. The summed E-state index contributed by atoms with van der Waals surface area (Å²) in [7, 11) is 0. The smallest absolute Gasteiger partial charge is 0.258 e. The molecule has 0 heterocycles. The maximum atomic E-state index is 11.5. The van der Waals surface area contributed by atoms with E-state index in [1.54, 1.807) is 0 Å². The van der Waals surface area contributed by atoms with Gasteiger partial charge in [-0.2, -0.15) is 0 Å². The number of aryl methyl sites for hydroxylation is 1. The lowest BCUT2D eigenvalue weighted by atomic mass is 10.1. The molecule has 3 nitrogen and oxygen atoms in total. The number of hydrogen-bond donors (Lipinski definition) is 1. The second kappa shape index (κ2) is 6.28. The van der Waals surface area contributed by atoms with Crippen molar-refractivity contribution in [2.75, 3.05) is 6.61 Å². The van der Waals surface area contributed by atoms with Crippen molar-refractivity contribution in [1.29, 1.82) is 0 Å². The van der Waals surface area contributed by atoms with E-state index in [0.29, 0.717) is 0 Å². The zero-order chi connectivity index (χ0) is 12.8. The van der Waals surface area contributed by atoms with Gasteiger partial charge in [-0.15, -0.1) is 0 Å². The minimum absolute atomic E-state index is 0.0692. The molecule has 94 valence electrons. The highest BCUT2D eigenvalue weighted by Gasteiger charge is 2.07. The van der Waals surface area contributed by atoms with E-state index < -0.39 is 0 Å². The van der Waals surface area contributed by atoms with Gasteiger partial charge in [0.2, 0.25) is 0 Å². The van der Waals surface area contributed by atoms with E-state index in [2.05, 4.69) is 5.32 Å². The Bertz CT molecular complexity index is 388. The van der Waals surface area contributed by atoms with E-state index in [1.807, 2.05) is 45.9 Å². The van der Waals surface area contributed by atoms with Crippen LogP contribution >= 0.6 is 0 Å². The average molecular weight is 235 g/mol. The zero-order valence-corrected chi connectivity index (χ0v) is 11.0. The van der Waals surface area contributed by atoms with Crippen molar-refractivity contribution in [3.05, 3.63) is 29.3 Å². The molecule has 0 aromatic heterocycles. The number of benzene rings is 1. The highest BCUT2D eigenvalue weighted by atomic mass is 16.5. The Morgan fingerprint density at radius 3 is 2.76 bits per heavy atom. The first-order chi connectivity index (χ1) is 8.04. The molecule has 0 fully saturated rings. The Morgan fingerprint density at radius 1 is 1.41 bits per heavy atom. The minimum Gasteiger partial charge on any atom is -0.483 e. The lowest BCUT2D eigenvalue weighted by Crippen LogP contribution is -2.35. The third kappa shape index (κ3) is 4.10. The Labute approximate surface area is 103 Å². The summed E-state index contributed by atoms with van der Waals surface area (Å²) >= 11 is 0. The molecule has 1 aromatic rings. The summed E-state index contributed by atoms with van der Waals surface area (Å²) < 4.78 is 5.51. The van der Waals surface area contributed by atoms with Gasteiger partial charge in [0.05, 0.1) is 0 Å². The summed E-state index contributed by atoms with van der Waals surface area (Å²) in [6, 6.07) is 6.05. The topological polar surface area (TPSA) is 38.3 Å². The second-order valence-electron chi connectivity index (χ2n) is 4.36. The number of hydrogen-bond acceptors (Lipinski definition) is 2. The number of carbonyl (C=O) groups excluding carboxylic acids is 1. The SMILES string of the molecule is CC[C@@H](C)NC(=O)COc1cccc(C)c1C. The monoisotopic (exact) mass is 235 g/mol. The molecule has 1 rings (SSSR count). The molecule has 0 spiro atoms. The molecule has 0 bridgehead atoms. The number of nitrogens with one attached hydrogen (secondary N) is 1. The molecular formula is C14H21NO2. The van der Waals surface area contributed by atoms with Crippen LogP contribution in [0.2, 0.25) is 0 Å². The highest BCUT2D eigenvalue weighted by molar-refractivity contribution is 5.77. The summed E-state index contributed by atoms with van der Waals surface area (Å²) in [5, 5.41) is 2.87. The van der Waals surface area contributed by atoms with Crippen molar-refractivity contribution in [1.82, 2.24) is 5.32 Å². The maximum Gasteiger partial charge on any atom is 0.258 e. The Hall–Kier alpha value is -1.51. The van der Waals surface area contributed by atoms with Crippen LogP contribution in [0.1, 0.15) is 31.4 Å². The zero-order valence-electron chi connectivity index (χ0n) is 11.0. The number of carbonyl (C=O) groups is 1. The van der Waals surface area contributed by atoms with Crippen LogP contribution < -0.4 is 10.1 Å². The van der Waals surface area contributed by atoms with Crippen LogP contribution in [0.25, 0.3) is 0 Å². The van der Waals surface area contributed by atoms with E-state index in [0.717, 1.165) is 17.7 Å². The number of rotatable bonds is 5. The van der Waals surface area contributed by atoms with Gasteiger partial charge in [0, 0.05) is 6.04 Å². The molecule has 0 unspecified atom stereocenters. The van der Waals surface area contributed by atoms with Crippen molar-refractivity contribution < 1.29 is 9.53 Å². The quantitative estimate of drug-likeness (QED) is 0.852. The third-order valence-corrected chi connectivity index (χ3v) is 2.93. The molecule has 1 atom stereocenters. The first-order valence-corrected chi connectivity index (χ1v) is 6.03. The van der Waals surface area contributed by atoms with E-state index >= 15 is 0 Å². The molecular weight excluding hydrogens is 214 g/mol. The predicted molar refractivity (Wildman–Crippen MR) is 69.3 cm³/mol. The normalized spacial score (nSPS) is 12.0. The average Bonchev–Trinajstić information content (AvgIpc) is 2.31. The van der Waals surface area contributed by atoms with Gasteiger partial charge in [-0.1, -0.05) is 19.1 Å². The van der Waals surface area contributed by atoms with Crippen molar-refractivity contribution in [2.45, 2.75) is 40.2 Å². The number of amides is 1. The summed E-state index contributed by atoms with van der Waals surface area (Å²) in [5.41, 5.74) is 2.26. The highest BCUT2D eigenvalue weighted by Crippen LogP contribution is 2.20. The predicted octanol–water partition coefficient (Wildman–Crippen LogP) is 2.60. The van der Waals surface area contributed by atoms with Gasteiger partial charge < -0.3 is 10.1 Å². The molecule has 0 aliphatic heterocycles. The standard InChI is InChI=1S/C14H21NO2/c1-5-11(3)15-14(16)9-17-13-8-6-7-10(2)12(13)4/h6-8,11H,5,9H2,1-4H3,(H,15,16)/t11-/m1/s1. The molecule has 0 aliphatic carbocycles. The fourth-order valence-corrected chi connectivity index (χ4v) is 1.44. The molecule has 0 radical (unpaired) electrons. The molecule has 3 heteroatoms. The van der Waals surface area contributed by atoms with Crippen molar-refractivity contribution in [3.8, 4) is 5.75 Å². The Balaban J connectivity index is 2.50. The molecule has 1 amide bonds. The van der Waals surface area contributed by atoms with Gasteiger partial charge in [-0.05, 0) is 44.4 Å². The van der Waals surface area contributed by atoms with Gasteiger partial charge in [-0.25, -0.2) is 0 Å². The van der Waals surface area contributed by atoms with Crippen molar-refractivity contribution in [3.63, 3.8) is 0 Å². The Morgan fingerprint density at radius 2 is 2.12 bits per heavy atom. The van der Waals surface area contributed by atoms with Crippen LogP contribution in [0.4, 0.5) is 0 Å². The Kier molecular flexibility index (Phi) is 5.01. The van der Waals surface area contributed by atoms with Gasteiger partial charge in [0.1, 0.15) is 5.75 Å². The summed E-state index contributed by atoms with van der Waals surface area (Å²) in [4.78, 5) is 11.5. The molecule has 17 heavy (non-hydrogen) atoms. The second-order valence-corrected chi connectivity index (χ2v) is 4.36. The van der Waals surface area contributed by atoms with Crippen LogP contribution in [-0.4, -0.2) is 18.6 Å². The first kappa shape index (κ1) is 13.6. The van der Waals surface area contributed by atoms with Gasteiger partial charge in [-0.3, -0.25) is 4.79 Å². The molecule has 1 aromatic carbocycles. The van der Waals surface area contributed by atoms with Crippen LogP contribution in [0, 0.1) is 13.8 Å². The van der Waals surface area contributed by atoms with Crippen LogP contribution in [0.15, 0.2) is 18.2 Å². The third-order valence-electron chi connectivity index (χ3n) is 2.93. The molecule has 0 saturated carbocycles. The van der Waals surface area contributed by atoms with Crippen LogP contribution in [-0.2, 0) is 4.79 Å². The van der Waals surface area contributed by atoms with Crippen LogP contribution in [0.3, 0.4) is 0 Å². The lowest BCUT2D eigenvalue weighted by molar-refractivity contribution is -0.123. The van der Waals surface area contributed by atoms with Gasteiger partial charge in [0.25, 0.3) is 5.91 Å². The molecule has 1 N–H and O–H groups in total. The molecule has 0 saturated heterocycles. The minimum atomic E-state index is -0.0692. The number of ether oxygens (including phenoxy) is 1. The van der Waals surface area contributed by atoms with E-state index in [9.17, 15) is 4.79 Å². The summed E-state index contributed by atoms with van der Waals surface area (Å²) in [5.74, 6) is 0.713. The van der Waals surface area contributed by atoms with Gasteiger partial charge in [0.15, 0.2) is 6.61 Å². The largest absolute Gasteiger partial charge is 0.483 e. The van der Waals surface area contributed by atoms with Crippen molar-refractivity contribution in [2.24, 2.45) is 0 Å². The molecule has 0 aliphatic rings. The van der Waals surface area contributed by atoms with Crippen LogP contribution in [0.5, 0.6) is 5.75 Å². The first-order valence-electron chi connectivity index (χ1n) is 6.03.